The van der Waals surface area contributed by atoms with Crippen molar-refractivity contribution in [1.29, 1.82) is 0 Å². The summed E-state index contributed by atoms with van der Waals surface area (Å²) in [4.78, 5) is 57.8. The zero-order valence-electron chi connectivity index (χ0n) is 25.7. The highest BCUT2D eigenvalue weighted by molar-refractivity contribution is 5.91. The van der Waals surface area contributed by atoms with Gasteiger partial charge in [0.25, 0.3) is 11.8 Å². The molecule has 4 rings (SSSR count). The van der Waals surface area contributed by atoms with Gasteiger partial charge >= 0.3 is 12.3 Å². The number of amides is 3. The number of cyclic esters (lactones) is 1. The molecular formula is C31H38F3N5O6. The average molecular weight is 634 g/mol. The Morgan fingerprint density at radius 2 is 1.76 bits per heavy atom. The van der Waals surface area contributed by atoms with E-state index in [-0.39, 0.29) is 5.91 Å². The van der Waals surface area contributed by atoms with Crippen molar-refractivity contribution in [1.82, 2.24) is 26.1 Å². The fourth-order valence-corrected chi connectivity index (χ4v) is 5.04. The predicted octanol–water partition coefficient (Wildman–Crippen LogP) is 3.55. The normalized spacial score (nSPS) is 27.4. The molecule has 1 aromatic heterocycles. The molecule has 1 unspecified atom stereocenters. The molecule has 11 nitrogen and oxygen atoms in total. The van der Waals surface area contributed by atoms with E-state index in [1.54, 1.807) is 45.0 Å². The largest absolute Gasteiger partial charge is 0.522 e. The third-order valence-corrected chi connectivity index (χ3v) is 7.78. The van der Waals surface area contributed by atoms with Gasteiger partial charge in [-0.1, -0.05) is 44.2 Å². The molecule has 1 saturated heterocycles. The van der Waals surface area contributed by atoms with Gasteiger partial charge in [0.05, 0.1) is 23.9 Å². The van der Waals surface area contributed by atoms with Crippen LogP contribution in [0.5, 0.6) is 0 Å². The maximum Gasteiger partial charge on any atom is 0.522 e. The summed E-state index contributed by atoms with van der Waals surface area (Å²) in [6, 6.07) is 6.50. The van der Waals surface area contributed by atoms with E-state index >= 15 is 0 Å². The van der Waals surface area contributed by atoms with Crippen LogP contribution in [0, 0.1) is 11.3 Å². The Hall–Kier alpha value is -4.04. The van der Waals surface area contributed by atoms with Gasteiger partial charge in [-0.25, -0.2) is 5.43 Å². The van der Waals surface area contributed by atoms with Gasteiger partial charge in [0.15, 0.2) is 6.10 Å². The molecule has 1 fully saturated rings. The van der Waals surface area contributed by atoms with Gasteiger partial charge in [-0.05, 0) is 57.2 Å². The summed E-state index contributed by atoms with van der Waals surface area (Å²) in [5.41, 5.74) is 2.62. The van der Waals surface area contributed by atoms with E-state index in [9.17, 15) is 32.3 Å². The van der Waals surface area contributed by atoms with E-state index in [4.69, 9.17) is 4.74 Å². The summed E-state index contributed by atoms with van der Waals surface area (Å²) in [5, 5.41) is 7.52. The van der Waals surface area contributed by atoms with Crippen LogP contribution in [-0.4, -0.2) is 71.4 Å². The monoisotopic (exact) mass is 633 g/mol. The molecule has 2 aliphatic heterocycles. The molecule has 0 saturated carbocycles. The van der Waals surface area contributed by atoms with Crippen LogP contribution in [0.1, 0.15) is 64.8 Å². The highest BCUT2D eigenvalue weighted by atomic mass is 19.4. The molecule has 3 heterocycles. The molecule has 0 radical (unpaired) electrons. The molecule has 2 aliphatic rings. The Balaban J connectivity index is 1.75. The van der Waals surface area contributed by atoms with Crippen LogP contribution in [0.4, 0.5) is 13.2 Å². The number of hydrogen-bond donors (Lipinski definition) is 3. The number of alkyl halides is 3. The molecule has 3 N–H and O–H groups in total. The van der Waals surface area contributed by atoms with Gasteiger partial charge in [-0.2, -0.15) is 0 Å². The summed E-state index contributed by atoms with van der Waals surface area (Å²) >= 11 is 0. The Labute approximate surface area is 258 Å². The topological polar surface area (TPSA) is 139 Å². The first-order valence-electron chi connectivity index (χ1n) is 14.8. The molecule has 5 bridgehead atoms. The van der Waals surface area contributed by atoms with Crippen LogP contribution in [0.15, 0.2) is 36.4 Å². The average Bonchev–Trinajstić information content (AvgIpc) is 2.99. The van der Waals surface area contributed by atoms with Crippen molar-refractivity contribution in [3.63, 3.8) is 0 Å². The van der Waals surface area contributed by atoms with Gasteiger partial charge in [-0.15, -0.1) is 13.2 Å². The van der Waals surface area contributed by atoms with Crippen LogP contribution < -0.4 is 16.1 Å². The highest BCUT2D eigenvalue weighted by Crippen LogP contribution is 2.29. The molecule has 2 aromatic rings. The van der Waals surface area contributed by atoms with Crippen molar-refractivity contribution in [2.75, 3.05) is 13.2 Å². The molecule has 14 heteroatoms. The Bertz CT molecular complexity index is 1480. The third-order valence-electron chi connectivity index (χ3n) is 7.78. The lowest BCUT2D eigenvalue weighted by Crippen LogP contribution is -2.61. The maximum absolute atomic E-state index is 13.5. The number of pyridine rings is 1. The number of carbonyl (C=O) groups excluding carboxylic acids is 4. The second kappa shape index (κ2) is 13.5. The van der Waals surface area contributed by atoms with Crippen LogP contribution in [0.2, 0.25) is 0 Å². The van der Waals surface area contributed by atoms with Crippen molar-refractivity contribution in [2.45, 2.75) is 78.1 Å². The number of rotatable bonds is 3. The molecule has 0 spiro atoms. The van der Waals surface area contributed by atoms with Crippen LogP contribution in [-0.2, 0) is 28.7 Å². The van der Waals surface area contributed by atoms with Gasteiger partial charge < -0.3 is 15.4 Å². The summed E-state index contributed by atoms with van der Waals surface area (Å²) in [7, 11) is 0. The lowest BCUT2D eigenvalue weighted by atomic mass is 9.90. The molecular weight excluding hydrogens is 595 g/mol. The van der Waals surface area contributed by atoms with E-state index in [0.717, 1.165) is 5.39 Å². The molecule has 1 aromatic carbocycles. The zero-order valence-corrected chi connectivity index (χ0v) is 25.7. The number of benzene rings is 1. The Morgan fingerprint density at radius 3 is 2.44 bits per heavy atom. The molecule has 3 amide bonds. The molecule has 5 atom stereocenters. The van der Waals surface area contributed by atoms with E-state index in [1.165, 1.54) is 31.0 Å². The van der Waals surface area contributed by atoms with Gasteiger partial charge in [0.1, 0.15) is 17.5 Å². The van der Waals surface area contributed by atoms with Gasteiger partial charge in [0, 0.05) is 11.9 Å². The predicted molar refractivity (Wildman–Crippen MR) is 158 cm³/mol. The van der Waals surface area contributed by atoms with Gasteiger partial charge in [0.2, 0.25) is 5.91 Å². The maximum atomic E-state index is 13.5. The summed E-state index contributed by atoms with van der Waals surface area (Å²) in [6.45, 7) is 6.81. The summed E-state index contributed by atoms with van der Waals surface area (Å²) < 4.78 is 48.9. The third kappa shape index (κ3) is 8.37. The summed E-state index contributed by atoms with van der Waals surface area (Å²) in [5.74, 6) is -3.37. The molecule has 244 valence electrons. The number of esters is 1. The number of halogens is 3. The number of carbonyl (C=O) groups is 4. The first-order valence-corrected chi connectivity index (χ1v) is 14.8. The van der Waals surface area contributed by atoms with Crippen molar-refractivity contribution < 1.29 is 41.8 Å². The first-order chi connectivity index (χ1) is 21.1. The number of nitrogens with zero attached hydrogens (tertiary/aromatic N) is 2. The smallest absolute Gasteiger partial charge is 0.451 e. The fourth-order valence-electron chi connectivity index (χ4n) is 5.04. The van der Waals surface area contributed by atoms with E-state index in [2.05, 4.69) is 25.8 Å². The number of fused-ring (bicyclic) bond motifs is 4. The fraction of sp³-hybridized carbons (Fsp3) is 0.516. The molecule has 0 aliphatic carbocycles. The number of hydrazine groups is 1. The van der Waals surface area contributed by atoms with Crippen molar-refractivity contribution in [2.24, 2.45) is 11.3 Å². The van der Waals surface area contributed by atoms with Crippen LogP contribution in [0.3, 0.4) is 0 Å². The van der Waals surface area contributed by atoms with Gasteiger partial charge in [-0.3, -0.25) is 33.9 Å². The van der Waals surface area contributed by atoms with Crippen molar-refractivity contribution in [3.8, 4) is 0 Å². The second-order valence-electron chi connectivity index (χ2n) is 12.0. The number of hydrogen-bond acceptors (Lipinski definition) is 8. The summed E-state index contributed by atoms with van der Waals surface area (Å²) in [6.07, 6.45) is -2.77. The van der Waals surface area contributed by atoms with Crippen molar-refractivity contribution in [3.05, 3.63) is 47.7 Å². The quantitative estimate of drug-likeness (QED) is 0.437. The Morgan fingerprint density at radius 1 is 1.07 bits per heavy atom. The minimum Gasteiger partial charge on any atom is -0.451 e. The minimum absolute atomic E-state index is 0.291. The van der Waals surface area contributed by atoms with Crippen LogP contribution in [0.25, 0.3) is 17.0 Å². The Kier molecular flexibility index (Phi) is 10.2. The zero-order chi connectivity index (χ0) is 33.1. The van der Waals surface area contributed by atoms with Crippen LogP contribution >= 0.6 is 0 Å². The first kappa shape index (κ1) is 33.8. The second-order valence-corrected chi connectivity index (χ2v) is 12.0. The lowest BCUT2D eigenvalue weighted by molar-refractivity contribution is -0.330. The number of nitrogens with one attached hydrogen (secondary N) is 3. The number of aromatic nitrogens is 1. The SMILES string of the molecule is CC(C)C1OC(=O)[C@@](C)(COC(F)(F)F)C=Cc2ccc3ccc(nc3c2)[C@@H](C)NC(=O)[C@@H]2CCCN(N2)C(=O)[C@H](C)NC1=O. The highest BCUT2D eigenvalue weighted by Gasteiger charge is 2.42. The number of ether oxygens (including phenoxy) is 2. The standard InChI is InChI=1S/C31H38F3N5O6/c1-17(2)25-27(41)36-19(4)28(42)39-14-6-7-23(38-39)26(40)35-18(3)22-11-10-21-9-8-20(15-24(21)37-22)12-13-30(5,29(43)45-25)16-44-31(32,33)34/h8-13,15,17-19,23,25,38H,6-7,14,16H2,1-5H3,(H,35,40)(H,36,41)/t18-,19+,23+,25?,30-/m1/s1. The van der Waals surface area contributed by atoms with Crippen molar-refractivity contribution >= 4 is 40.7 Å². The van der Waals surface area contributed by atoms with E-state index in [1.807, 2.05) is 6.07 Å². The lowest BCUT2D eigenvalue weighted by Gasteiger charge is -2.35. The molecule has 45 heavy (non-hydrogen) atoms. The minimum atomic E-state index is -5.03. The van der Waals surface area contributed by atoms with E-state index in [0.29, 0.717) is 36.2 Å². The van der Waals surface area contributed by atoms with E-state index < -0.39 is 66.3 Å².